The molecule has 3 aromatic rings. The molecule has 0 radical (unpaired) electrons. The summed E-state index contributed by atoms with van der Waals surface area (Å²) in [4.78, 5) is 6.66. The molecule has 0 unspecified atom stereocenters. The van der Waals surface area contributed by atoms with Crippen LogP contribution in [-0.4, -0.2) is 16.4 Å². The third-order valence-corrected chi connectivity index (χ3v) is 6.74. The molecule has 182 valence electrons. The Bertz CT molecular complexity index is 1090. The lowest BCUT2D eigenvalue weighted by Crippen LogP contribution is -2.31. The maximum atomic E-state index is 13.6. The van der Waals surface area contributed by atoms with E-state index in [0.29, 0.717) is 29.7 Å². The van der Waals surface area contributed by atoms with Crippen molar-refractivity contribution in [3.8, 4) is 0 Å². The van der Waals surface area contributed by atoms with Gasteiger partial charge in [0, 0.05) is 25.3 Å². The molecular formula is C27H32F3N3O. The molecule has 4 nitrogen and oxygen atoms in total. The standard InChI is InChI=1S/C27H32F3N3O/c1-19-9-8-14-25(20(19)2)32-26-31-23(18-34-26)17-33(15-21-10-4-3-5-11-21)16-22-12-6-7-13-24(22)27(28,29)30/h6-9,12-14,18,21H,3-5,10-11,15-17H2,1-2H3,(H,31,32). The summed E-state index contributed by atoms with van der Waals surface area (Å²) in [6, 6.07) is 12.2. The number of alkyl halides is 3. The van der Waals surface area contributed by atoms with E-state index >= 15 is 0 Å². The van der Waals surface area contributed by atoms with Crippen LogP contribution >= 0.6 is 0 Å². The van der Waals surface area contributed by atoms with Crippen LogP contribution in [0.3, 0.4) is 0 Å². The smallest absolute Gasteiger partial charge is 0.416 e. The van der Waals surface area contributed by atoms with Crippen molar-refractivity contribution in [3.63, 3.8) is 0 Å². The maximum Gasteiger partial charge on any atom is 0.416 e. The van der Waals surface area contributed by atoms with Gasteiger partial charge < -0.3 is 9.73 Å². The van der Waals surface area contributed by atoms with Crippen LogP contribution in [0, 0.1) is 19.8 Å². The third kappa shape index (κ3) is 6.20. The first-order chi connectivity index (χ1) is 16.3. The van der Waals surface area contributed by atoms with E-state index in [1.54, 1.807) is 18.4 Å². The summed E-state index contributed by atoms with van der Waals surface area (Å²) in [6.45, 7) is 5.48. The summed E-state index contributed by atoms with van der Waals surface area (Å²) in [5, 5.41) is 3.22. The average molecular weight is 472 g/mol. The fourth-order valence-corrected chi connectivity index (χ4v) is 4.76. The lowest BCUT2D eigenvalue weighted by atomic mass is 9.88. The number of oxazole rings is 1. The number of anilines is 2. The van der Waals surface area contributed by atoms with Crippen LogP contribution in [0.4, 0.5) is 24.9 Å². The minimum atomic E-state index is -4.37. The highest BCUT2D eigenvalue weighted by Gasteiger charge is 2.33. The number of hydrogen-bond donors (Lipinski definition) is 1. The number of nitrogens with zero attached hydrogens (tertiary/aromatic N) is 2. The highest BCUT2D eigenvalue weighted by molar-refractivity contribution is 5.59. The molecule has 1 N–H and O–H groups in total. The second kappa shape index (κ2) is 10.6. The normalized spacial score (nSPS) is 15.1. The fraction of sp³-hybridized carbons (Fsp3) is 0.444. The van der Waals surface area contributed by atoms with Crippen LogP contribution in [0.5, 0.6) is 0 Å². The molecule has 0 atom stereocenters. The van der Waals surface area contributed by atoms with E-state index in [1.165, 1.54) is 30.9 Å². The number of hydrogen-bond acceptors (Lipinski definition) is 4. The van der Waals surface area contributed by atoms with Crippen molar-refractivity contribution in [2.24, 2.45) is 5.92 Å². The van der Waals surface area contributed by atoms with E-state index in [0.717, 1.165) is 36.7 Å². The summed E-state index contributed by atoms with van der Waals surface area (Å²) in [7, 11) is 0. The van der Waals surface area contributed by atoms with Gasteiger partial charge in [0.05, 0.1) is 11.3 Å². The summed E-state index contributed by atoms with van der Waals surface area (Å²) in [5.41, 5.74) is 3.63. The molecule has 2 aromatic carbocycles. The van der Waals surface area contributed by atoms with Crippen molar-refractivity contribution in [3.05, 3.63) is 76.7 Å². The highest BCUT2D eigenvalue weighted by atomic mass is 19.4. The van der Waals surface area contributed by atoms with Crippen LogP contribution in [0.25, 0.3) is 0 Å². The zero-order chi connectivity index (χ0) is 24.1. The molecule has 0 spiro atoms. The van der Waals surface area contributed by atoms with Crippen molar-refractivity contribution >= 4 is 11.7 Å². The summed E-state index contributed by atoms with van der Waals surface area (Å²) in [6.07, 6.45) is 3.08. The fourth-order valence-electron chi connectivity index (χ4n) is 4.76. The second-order valence-electron chi connectivity index (χ2n) is 9.35. The van der Waals surface area contributed by atoms with Crippen LogP contribution in [0.1, 0.15) is 60.1 Å². The zero-order valence-corrected chi connectivity index (χ0v) is 19.8. The van der Waals surface area contributed by atoms with Gasteiger partial charge in [0.15, 0.2) is 0 Å². The molecule has 1 aliphatic carbocycles. The number of nitrogens with one attached hydrogen (secondary N) is 1. The number of aromatic nitrogens is 1. The largest absolute Gasteiger partial charge is 0.432 e. The number of halogens is 3. The van der Waals surface area contributed by atoms with Gasteiger partial charge in [0.1, 0.15) is 6.26 Å². The lowest BCUT2D eigenvalue weighted by molar-refractivity contribution is -0.138. The van der Waals surface area contributed by atoms with Crippen LogP contribution in [-0.2, 0) is 19.3 Å². The Kier molecular flexibility index (Phi) is 7.61. The molecule has 0 amide bonds. The molecule has 4 rings (SSSR count). The maximum absolute atomic E-state index is 13.6. The summed E-state index contributed by atoms with van der Waals surface area (Å²) >= 11 is 0. The van der Waals surface area contributed by atoms with Crippen molar-refractivity contribution < 1.29 is 17.6 Å². The van der Waals surface area contributed by atoms with Gasteiger partial charge in [0.25, 0.3) is 6.01 Å². The van der Waals surface area contributed by atoms with Crippen molar-refractivity contribution in [2.45, 2.75) is 65.2 Å². The molecule has 1 fully saturated rings. The predicted molar refractivity (Wildman–Crippen MR) is 128 cm³/mol. The van der Waals surface area contributed by atoms with E-state index in [4.69, 9.17) is 4.42 Å². The molecule has 0 aliphatic heterocycles. The van der Waals surface area contributed by atoms with Crippen molar-refractivity contribution in [1.29, 1.82) is 0 Å². The Morgan fingerprint density at radius 2 is 1.76 bits per heavy atom. The Morgan fingerprint density at radius 3 is 2.53 bits per heavy atom. The number of rotatable bonds is 8. The lowest BCUT2D eigenvalue weighted by Gasteiger charge is -2.30. The van der Waals surface area contributed by atoms with E-state index < -0.39 is 11.7 Å². The molecular weight excluding hydrogens is 439 g/mol. The Morgan fingerprint density at radius 1 is 1.00 bits per heavy atom. The Hall–Kier alpha value is -2.80. The molecule has 0 saturated heterocycles. The summed E-state index contributed by atoms with van der Waals surface area (Å²) < 4.78 is 46.5. The van der Waals surface area contributed by atoms with Crippen LogP contribution in [0.2, 0.25) is 0 Å². The van der Waals surface area contributed by atoms with E-state index in [1.807, 2.05) is 32.0 Å². The predicted octanol–water partition coefficient (Wildman–Crippen LogP) is 7.64. The van der Waals surface area contributed by atoms with Gasteiger partial charge in [-0.3, -0.25) is 4.90 Å². The quantitative estimate of drug-likeness (QED) is 0.367. The van der Waals surface area contributed by atoms with Gasteiger partial charge in [-0.1, -0.05) is 49.6 Å². The molecule has 34 heavy (non-hydrogen) atoms. The molecule has 1 aliphatic rings. The Labute approximate surface area is 199 Å². The monoisotopic (exact) mass is 471 g/mol. The van der Waals surface area contributed by atoms with Gasteiger partial charge in [-0.2, -0.15) is 18.2 Å². The number of aryl methyl sites for hydroxylation is 1. The van der Waals surface area contributed by atoms with E-state index in [-0.39, 0.29) is 6.54 Å². The van der Waals surface area contributed by atoms with Crippen LogP contribution in [0.15, 0.2) is 53.1 Å². The topological polar surface area (TPSA) is 41.3 Å². The van der Waals surface area contributed by atoms with Crippen molar-refractivity contribution in [2.75, 3.05) is 11.9 Å². The highest BCUT2D eigenvalue weighted by Crippen LogP contribution is 2.33. The summed E-state index contributed by atoms with van der Waals surface area (Å²) in [5.74, 6) is 0.492. The first-order valence-electron chi connectivity index (χ1n) is 11.9. The molecule has 0 bridgehead atoms. The second-order valence-corrected chi connectivity index (χ2v) is 9.35. The average Bonchev–Trinajstić information content (AvgIpc) is 3.24. The van der Waals surface area contributed by atoms with Gasteiger partial charge in [-0.15, -0.1) is 0 Å². The van der Waals surface area contributed by atoms with E-state index in [9.17, 15) is 13.2 Å². The number of benzene rings is 2. The molecule has 1 heterocycles. The van der Waals surface area contributed by atoms with Gasteiger partial charge in [-0.05, 0) is 61.4 Å². The third-order valence-electron chi connectivity index (χ3n) is 6.74. The van der Waals surface area contributed by atoms with Gasteiger partial charge in [-0.25, -0.2) is 0 Å². The van der Waals surface area contributed by atoms with Gasteiger partial charge in [0.2, 0.25) is 0 Å². The van der Waals surface area contributed by atoms with Crippen LogP contribution < -0.4 is 5.32 Å². The zero-order valence-electron chi connectivity index (χ0n) is 19.8. The minimum absolute atomic E-state index is 0.221. The SMILES string of the molecule is Cc1cccc(Nc2nc(CN(Cc3ccccc3C(F)(F)F)CC3CCCCC3)co2)c1C. The van der Waals surface area contributed by atoms with Crippen molar-refractivity contribution in [1.82, 2.24) is 9.88 Å². The minimum Gasteiger partial charge on any atom is -0.432 e. The molecule has 1 saturated carbocycles. The van der Waals surface area contributed by atoms with Gasteiger partial charge >= 0.3 is 6.18 Å². The first kappa shape index (κ1) is 24.3. The molecule has 7 heteroatoms. The molecule has 1 aromatic heterocycles. The Balaban J connectivity index is 1.52. The van der Waals surface area contributed by atoms with E-state index in [2.05, 4.69) is 15.2 Å². The first-order valence-corrected chi connectivity index (χ1v) is 11.9.